The molecular weight excluding hydrogens is 386 g/mol. The van der Waals surface area contributed by atoms with Crippen molar-refractivity contribution in [2.45, 2.75) is 13.5 Å². The van der Waals surface area contributed by atoms with Gasteiger partial charge in [0.25, 0.3) is 11.6 Å². The van der Waals surface area contributed by atoms with E-state index in [4.69, 9.17) is 0 Å². The molecule has 0 saturated carbocycles. The topological polar surface area (TPSA) is 77.5 Å². The van der Waals surface area contributed by atoms with Crippen LogP contribution in [-0.4, -0.2) is 15.4 Å². The van der Waals surface area contributed by atoms with Crippen LogP contribution in [0.5, 0.6) is 0 Å². The van der Waals surface area contributed by atoms with E-state index in [-0.39, 0.29) is 11.6 Å². The van der Waals surface area contributed by atoms with Crippen LogP contribution in [0.4, 0.5) is 5.69 Å². The van der Waals surface area contributed by atoms with Crippen molar-refractivity contribution in [3.8, 4) is 11.1 Å². The maximum Gasteiger partial charge on any atom is 0.279 e. The summed E-state index contributed by atoms with van der Waals surface area (Å²) in [5, 5.41) is 11.0. The van der Waals surface area contributed by atoms with Crippen LogP contribution in [0.15, 0.2) is 77.8 Å². The predicted octanol–water partition coefficient (Wildman–Crippen LogP) is 5.04. The van der Waals surface area contributed by atoms with Crippen molar-refractivity contribution in [3.05, 3.63) is 93.3 Å². The maximum absolute atomic E-state index is 12.7. The zero-order valence-electron chi connectivity index (χ0n) is 15.6. The molecule has 144 valence electrons. The number of hydrogen-bond acceptors (Lipinski definition) is 4. The lowest BCUT2D eigenvalue weighted by atomic mass is 10.0. The number of nitro groups is 1. The molecule has 29 heavy (non-hydrogen) atoms. The quantitative estimate of drug-likeness (QED) is 0.354. The zero-order chi connectivity index (χ0) is 20.4. The second kappa shape index (κ2) is 7.81. The number of thiazole rings is 1. The molecule has 1 aromatic heterocycles. The number of rotatable bonds is 4. The van der Waals surface area contributed by atoms with Gasteiger partial charge in [-0.2, -0.15) is 4.99 Å². The Morgan fingerprint density at radius 1 is 1.03 bits per heavy atom. The monoisotopic (exact) mass is 403 g/mol. The van der Waals surface area contributed by atoms with Gasteiger partial charge in [0.15, 0.2) is 4.80 Å². The smallest absolute Gasteiger partial charge is 0.279 e. The van der Waals surface area contributed by atoms with E-state index in [1.807, 2.05) is 54.0 Å². The fraction of sp³-hybridized carbons (Fsp3) is 0.0909. The van der Waals surface area contributed by atoms with Gasteiger partial charge in [-0.15, -0.1) is 0 Å². The fourth-order valence-corrected chi connectivity index (χ4v) is 4.28. The molecule has 0 aliphatic rings. The average molecular weight is 403 g/mol. The zero-order valence-corrected chi connectivity index (χ0v) is 16.4. The van der Waals surface area contributed by atoms with Gasteiger partial charge < -0.3 is 4.57 Å². The van der Waals surface area contributed by atoms with Crippen molar-refractivity contribution >= 4 is 33.1 Å². The minimum Gasteiger partial charge on any atom is -0.317 e. The average Bonchev–Trinajstić information content (AvgIpc) is 3.10. The number of aromatic nitrogens is 1. The van der Waals surface area contributed by atoms with E-state index < -0.39 is 4.92 Å². The van der Waals surface area contributed by atoms with Crippen LogP contribution in [0, 0.1) is 10.1 Å². The molecule has 4 rings (SSSR count). The first kappa shape index (κ1) is 18.8. The molecule has 0 radical (unpaired) electrons. The summed E-state index contributed by atoms with van der Waals surface area (Å²) in [5.74, 6) is -0.340. The Hall–Kier alpha value is -3.58. The molecule has 0 aliphatic carbocycles. The summed E-state index contributed by atoms with van der Waals surface area (Å²) >= 11 is 1.27. The number of benzene rings is 3. The minimum absolute atomic E-state index is 0.0244. The SMILES string of the molecule is CCn1c(=NC(=O)c2ccc(-c3ccccc3)cc2)sc2cc([N+](=O)[O-])ccc21. The van der Waals surface area contributed by atoms with Gasteiger partial charge in [0.05, 0.1) is 15.1 Å². The van der Waals surface area contributed by atoms with Gasteiger partial charge in [0, 0.05) is 24.2 Å². The normalized spacial score (nSPS) is 11.7. The van der Waals surface area contributed by atoms with Crippen LogP contribution in [-0.2, 0) is 6.54 Å². The first-order chi connectivity index (χ1) is 14.1. The number of non-ortho nitro benzene ring substituents is 1. The van der Waals surface area contributed by atoms with E-state index in [1.165, 1.54) is 23.5 Å². The van der Waals surface area contributed by atoms with Gasteiger partial charge in [-0.05, 0) is 36.2 Å². The van der Waals surface area contributed by atoms with Gasteiger partial charge in [-0.25, -0.2) is 0 Å². The minimum atomic E-state index is -0.425. The second-order valence-electron chi connectivity index (χ2n) is 6.40. The summed E-state index contributed by atoms with van der Waals surface area (Å²) in [6.07, 6.45) is 0. The van der Waals surface area contributed by atoms with Gasteiger partial charge in [0.1, 0.15) is 0 Å². The molecule has 7 heteroatoms. The molecule has 4 aromatic rings. The fourth-order valence-electron chi connectivity index (χ4n) is 3.15. The number of aryl methyl sites for hydroxylation is 1. The summed E-state index contributed by atoms with van der Waals surface area (Å²) in [5.41, 5.74) is 3.46. The number of hydrogen-bond donors (Lipinski definition) is 0. The number of amides is 1. The predicted molar refractivity (Wildman–Crippen MR) is 114 cm³/mol. The van der Waals surface area contributed by atoms with E-state index in [9.17, 15) is 14.9 Å². The molecule has 0 atom stereocenters. The summed E-state index contributed by atoms with van der Waals surface area (Å²) in [6.45, 7) is 2.56. The first-order valence-corrected chi connectivity index (χ1v) is 9.91. The molecule has 0 unspecified atom stereocenters. The third kappa shape index (κ3) is 3.72. The molecule has 0 fully saturated rings. The number of fused-ring (bicyclic) bond motifs is 1. The van der Waals surface area contributed by atoms with Crippen molar-refractivity contribution in [2.24, 2.45) is 4.99 Å². The molecule has 0 aliphatic heterocycles. The Kier molecular flexibility index (Phi) is 5.05. The standard InChI is InChI=1S/C22H17N3O3S/c1-2-24-19-13-12-18(25(27)28)14-20(19)29-22(24)23-21(26)17-10-8-16(9-11-17)15-6-4-3-5-7-15/h3-14H,2H2,1H3. The summed E-state index contributed by atoms with van der Waals surface area (Å²) in [7, 11) is 0. The van der Waals surface area contributed by atoms with Crippen molar-refractivity contribution < 1.29 is 9.72 Å². The summed E-state index contributed by atoms with van der Waals surface area (Å²) in [4.78, 5) is 28.1. The van der Waals surface area contributed by atoms with Gasteiger partial charge in [0.2, 0.25) is 0 Å². The lowest BCUT2D eigenvalue weighted by molar-refractivity contribution is -0.384. The highest BCUT2D eigenvalue weighted by molar-refractivity contribution is 7.16. The Balaban J connectivity index is 1.71. The largest absolute Gasteiger partial charge is 0.317 e. The highest BCUT2D eigenvalue weighted by Crippen LogP contribution is 2.23. The van der Waals surface area contributed by atoms with Gasteiger partial charge in [-0.1, -0.05) is 53.8 Å². The van der Waals surface area contributed by atoms with Crippen LogP contribution in [0.2, 0.25) is 0 Å². The first-order valence-electron chi connectivity index (χ1n) is 9.09. The Labute approximate surface area is 170 Å². The summed E-state index contributed by atoms with van der Waals surface area (Å²) < 4.78 is 2.62. The van der Waals surface area contributed by atoms with Crippen LogP contribution in [0.1, 0.15) is 17.3 Å². The molecule has 6 nitrogen and oxygen atoms in total. The number of nitro benzene ring substituents is 1. The van der Waals surface area contributed by atoms with Crippen LogP contribution < -0.4 is 4.80 Å². The highest BCUT2D eigenvalue weighted by Gasteiger charge is 2.12. The third-order valence-corrected chi connectivity index (χ3v) is 5.67. The van der Waals surface area contributed by atoms with E-state index >= 15 is 0 Å². The molecule has 0 N–H and O–H groups in total. The van der Waals surface area contributed by atoms with E-state index in [0.717, 1.165) is 21.3 Å². The number of carbonyl (C=O) groups excluding carboxylic acids is 1. The van der Waals surface area contributed by atoms with Crippen LogP contribution in [0.3, 0.4) is 0 Å². The van der Waals surface area contributed by atoms with E-state index in [1.54, 1.807) is 18.2 Å². The van der Waals surface area contributed by atoms with E-state index in [2.05, 4.69) is 4.99 Å². The van der Waals surface area contributed by atoms with Crippen LogP contribution >= 0.6 is 11.3 Å². The molecule has 0 bridgehead atoms. The van der Waals surface area contributed by atoms with E-state index in [0.29, 0.717) is 16.9 Å². The van der Waals surface area contributed by atoms with Gasteiger partial charge >= 0.3 is 0 Å². The number of nitrogens with zero attached hydrogens (tertiary/aromatic N) is 3. The van der Waals surface area contributed by atoms with Crippen molar-refractivity contribution in [2.75, 3.05) is 0 Å². The van der Waals surface area contributed by atoms with Gasteiger partial charge in [-0.3, -0.25) is 14.9 Å². The molecule has 1 heterocycles. The lowest BCUT2D eigenvalue weighted by Gasteiger charge is -2.02. The maximum atomic E-state index is 12.7. The molecule has 1 amide bonds. The Bertz CT molecular complexity index is 1270. The van der Waals surface area contributed by atoms with Crippen molar-refractivity contribution in [3.63, 3.8) is 0 Å². The summed E-state index contributed by atoms with van der Waals surface area (Å²) in [6, 6.07) is 22.0. The molecule has 0 saturated heterocycles. The Morgan fingerprint density at radius 3 is 2.38 bits per heavy atom. The second-order valence-corrected chi connectivity index (χ2v) is 7.41. The highest BCUT2D eigenvalue weighted by atomic mass is 32.1. The molecular formula is C22H17N3O3S. The van der Waals surface area contributed by atoms with Crippen LogP contribution in [0.25, 0.3) is 21.3 Å². The third-order valence-electron chi connectivity index (χ3n) is 4.63. The molecule has 3 aromatic carbocycles. The number of carbonyl (C=O) groups is 1. The van der Waals surface area contributed by atoms with Crippen molar-refractivity contribution in [1.82, 2.24) is 4.57 Å². The van der Waals surface area contributed by atoms with Crippen molar-refractivity contribution in [1.29, 1.82) is 0 Å². The Morgan fingerprint density at radius 2 is 1.72 bits per heavy atom. The lowest BCUT2D eigenvalue weighted by Crippen LogP contribution is -2.15. The molecule has 0 spiro atoms.